The summed E-state index contributed by atoms with van der Waals surface area (Å²) < 4.78 is 5.13. The van der Waals surface area contributed by atoms with Gasteiger partial charge in [-0.2, -0.15) is 0 Å². The molecule has 0 aliphatic carbocycles. The van der Waals surface area contributed by atoms with Crippen LogP contribution in [-0.4, -0.2) is 18.9 Å². The van der Waals surface area contributed by atoms with Gasteiger partial charge in [-0.15, -0.1) is 0 Å². The highest BCUT2D eigenvalue weighted by Crippen LogP contribution is 2.22. The third kappa shape index (κ3) is 3.30. The number of nitrogen functional groups attached to an aromatic ring is 1. The Bertz CT molecular complexity index is 681. The van der Waals surface area contributed by atoms with Gasteiger partial charge in [-0.05, 0) is 42.5 Å². The molecule has 0 aliphatic heterocycles. The van der Waals surface area contributed by atoms with E-state index in [2.05, 4.69) is 5.32 Å². The van der Waals surface area contributed by atoms with Crippen molar-refractivity contribution in [2.24, 2.45) is 5.73 Å². The number of hydrogen-bond acceptors (Lipinski definition) is 4. The van der Waals surface area contributed by atoms with Crippen molar-refractivity contribution in [3.63, 3.8) is 0 Å². The highest BCUT2D eigenvalue weighted by molar-refractivity contribution is 6.07. The van der Waals surface area contributed by atoms with Crippen molar-refractivity contribution < 1.29 is 14.3 Å². The lowest BCUT2D eigenvalue weighted by Crippen LogP contribution is -2.14. The molecule has 0 heterocycles. The van der Waals surface area contributed by atoms with Crippen LogP contribution in [0.4, 0.5) is 11.4 Å². The molecule has 6 heteroatoms. The van der Waals surface area contributed by atoms with E-state index >= 15 is 0 Å². The summed E-state index contributed by atoms with van der Waals surface area (Å²) in [5, 5.41) is 2.70. The fourth-order valence-electron chi connectivity index (χ4n) is 1.82. The Labute approximate surface area is 121 Å². The van der Waals surface area contributed by atoms with Gasteiger partial charge in [-0.1, -0.05) is 0 Å². The van der Waals surface area contributed by atoms with Crippen LogP contribution in [0.1, 0.15) is 20.7 Å². The lowest BCUT2D eigenvalue weighted by atomic mass is 10.1. The minimum atomic E-state index is -0.523. The molecule has 0 radical (unpaired) electrons. The second kappa shape index (κ2) is 5.96. The maximum Gasteiger partial charge on any atom is 0.259 e. The second-order valence-electron chi connectivity index (χ2n) is 4.36. The van der Waals surface area contributed by atoms with E-state index in [4.69, 9.17) is 16.2 Å². The number of ether oxygens (including phenoxy) is 1. The number of methoxy groups -OCH3 is 1. The number of carbonyl (C=O) groups is 2. The predicted octanol–water partition coefficient (Wildman–Crippen LogP) is 1.63. The quantitative estimate of drug-likeness (QED) is 0.742. The Balaban J connectivity index is 2.21. The summed E-state index contributed by atoms with van der Waals surface area (Å²) in [5.41, 5.74) is 12.5. The zero-order valence-corrected chi connectivity index (χ0v) is 11.4. The van der Waals surface area contributed by atoms with Crippen LogP contribution in [-0.2, 0) is 0 Å². The van der Waals surface area contributed by atoms with Gasteiger partial charge in [0.1, 0.15) is 5.75 Å². The molecule has 0 aliphatic rings. The predicted molar refractivity (Wildman–Crippen MR) is 80.3 cm³/mol. The minimum Gasteiger partial charge on any atom is -0.496 e. The highest BCUT2D eigenvalue weighted by Gasteiger charge is 2.13. The largest absolute Gasteiger partial charge is 0.496 e. The number of anilines is 2. The van der Waals surface area contributed by atoms with Crippen LogP contribution < -0.4 is 21.5 Å². The third-order valence-electron chi connectivity index (χ3n) is 2.90. The molecule has 0 saturated heterocycles. The summed E-state index contributed by atoms with van der Waals surface area (Å²) in [5.74, 6) is -0.452. The van der Waals surface area contributed by atoms with E-state index in [1.807, 2.05) is 0 Å². The Kier molecular flexibility index (Phi) is 4.08. The van der Waals surface area contributed by atoms with Gasteiger partial charge in [-0.3, -0.25) is 9.59 Å². The van der Waals surface area contributed by atoms with Crippen LogP contribution >= 0.6 is 0 Å². The molecule has 0 spiro atoms. The van der Waals surface area contributed by atoms with Crippen LogP contribution in [0.5, 0.6) is 5.75 Å². The van der Waals surface area contributed by atoms with Crippen molar-refractivity contribution in [3.05, 3.63) is 53.6 Å². The van der Waals surface area contributed by atoms with Crippen molar-refractivity contribution in [2.45, 2.75) is 0 Å². The first kappa shape index (κ1) is 14.4. The summed E-state index contributed by atoms with van der Waals surface area (Å²) in [4.78, 5) is 23.2. The van der Waals surface area contributed by atoms with E-state index < -0.39 is 5.91 Å². The Morgan fingerprint density at radius 1 is 1.10 bits per heavy atom. The van der Waals surface area contributed by atoms with Gasteiger partial charge >= 0.3 is 0 Å². The number of nitrogens with one attached hydrogen (secondary N) is 1. The average Bonchev–Trinajstić information content (AvgIpc) is 2.47. The van der Waals surface area contributed by atoms with E-state index in [9.17, 15) is 9.59 Å². The Morgan fingerprint density at radius 3 is 2.33 bits per heavy atom. The second-order valence-corrected chi connectivity index (χ2v) is 4.36. The molecular weight excluding hydrogens is 270 g/mol. The molecule has 0 unspecified atom stereocenters. The van der Waals surface area contributed by atoms with Gasteiger partial charge in [0.05, 0.1) is 12.7 Å². The van der Waals surface area contributed by atoms with Gasteiger partial charge < -0.3 is 21.5 Å². The van der Waals surface area contributed by atoms with Crippen molar-refractivity contribution in [1.29, 1.82) is 0 Å². The molecule has 2 amide bonds. The van der Waals surface area contributed by atoms with Gasteiger partial charge in [0, 0.05) is 16.9 Å². The third-order valence-corrected chi connectivity index (χ3v) is 2.90. The molecule has 2 aromatic rings. The Morgan fingerprint density at radius 2 is 1.76 bits per heavy atom. The van der Waals surface area contributed by atoms with Gasteiger partial charge in [-0.25, -0.2) is 0 Å². The molecule has 0 saturated carbocycles. The lowest BCUT2D eigenvalue weighted by molar-refractivity contribution is 0.0998. The summed E-state index contributed by atoms with van der Waals surface area (Å²) in [6.45, 7) is 0. The smallest absolute Gasteiger partial charge is 0.259 e. The first-order valence-corrected chi connectivity index (χ1v) is 6.16. The van der Waals surface area contributed by atoms with E-state index in [1.165, 1.54) is 25.3 Å². The summed E-state index contributed by atoms with van der Waals surface area (Å²) in [6.07, 6.45) is 0. The normalized spacial score (nSPS) is 9.95. The number of carbonyl (C=O) groups excluding carboxylic acids is 2. The maximum atomic E-state index is 12.2. The molecule has 108 valence electrons. The number of primary amides is 1. The molecule has 2 rings (SSSR count). The van der Waals surface area contributed by atoms with Crippen LogP contribution in [0, 0.1) is 0 Å². The molecule has 5 N–H and O–H groups in total. The monoisotopic (exact) mass is 285 g/mol. The standard InChI is InChI=1S/C15H15N3O3/c1-21-13-7-4-10(16)8-12(13)15(20)18-11-5-2-9(3-6-11)14(17)19/h2-8H,16H2,1H3,(H2,17,19)(H,18,20). The zero-order chi connectivity index (χ0) is 15.4. The van der Waals surface area contributed by atoms with Crippen LogP contribution in [0.2, 0.25) is 0 Å². The maximum absolute atomic E-state index is 12.2. The zero-order valence-electron chi connectivity index (χ0n) is 11.4. The van der Waals surface area contributed by atoms with Crippen molar-refractivity contribution in [3.8, 4) is 5.75 Å². The molecule has 6 nitrogen and oxygen atoms in total. The number of hydrogen-bond donors (Lipinski definition) is 3. The van der Waals surface area contributed by atoms with Crippen molar-refractivity contribution in [1.82, 2.24) is 0 Å². The molecule has 0 aromatic heterocycles. The highest BCUT2D eigenvalue weighted by atomic mass is 16.5. The average molecular weight is 285 g/mol. The Hall–Kier alpha value is -3.02. The fraction of sp³-hybridized carbons (Fsp3) is 0.0667. The molecule has 0 bridgehead atoms. The summed E-state index contributed by atoms with van der Waals surface area (Å²) >= 11 is 0. The van der Waals surface area contributed by atoms with Crippen LogP contribution in [0.25, 0.3) is 0 Å². The van der Waals surface area contributed by atoms with Gasteiger partial charge in [0.15, 0.2) is 0 Å². The summed E-state index contributed by atoms with van der Waals surface area (Å²) in [6, 6.07) is 11.1. The minimum absolute atomic E-state index is 0.330. The SMILES string of the molecule is COc1ccc(N)cc1C(=O)Nc1ccc(C(N)=O)cc1. The molecule has 0 fully saturated rings. The van der Waals surface area contributed by atoms with Crippen molar-refractivity contribution in [2.75, 3.05) is 18.2 Å². The topological polar surface area (TPSA) is 107 Å². The molecule has 21 heavy (non-hydrogen) atoms. The first-order valence-electron chi connectivity index (χ1n) is 6.16. The number of nitrogens with two attached hydrogens (primary N) is 2. The summed E-state index contributed by atoms with van der Waals surface area (Å²) in [7, 11) is 1.48. The van der Waals surface area contributed by atoms with Crippen LogP contribution in [0.15, 0.2) is 42.5 Å². The fourth-order valence-corrected chi connectivity index (χ4v) is 1.82. The van der Waals surface area contributed by atoms with Crippen molar-refractivity contribution >= 4 is 23.2 Å². The number of rotatable bonds is 4. The molecular formula is C15H15N3O3. The van der Waals surface area contributed by atoms with Gasteiger partial charge in [0.2, 0.25) is 5.91 Å². The van der Waals surface area contributed by atoms with E-state index in [0.29, 0.717) is 28.3 Å². The van der Waals surface area contributed by atoms with E-state index in [-0.39, 0.29) is 5.91 Å². The molecule has 2 aromatic carbocycles. The first-order chi connectivity index (χ1) is 10.0. The van der Waals surface area contributed by atoms with Crippen LogP contribution in [0.3, 0.4) is 0 Å². The number of benzene rings is 2. The lowest BCUT2D eigenvalue weighted by Gasteiger charge is -2.10. The number of amides is 2. The van der Waals surface area contributed by atoms with E-state index in [1.54, 1.807) is 24.3 Å². The van der Waals surface area contributed by atoms with E-state index in [0.717, 1.165) is 0 Å². The molecule has 0 atom stereocenters. The van der Waals surface area contributed by atoms with Gasteiger partial charge in [0.25, 0.3) is 5.91 Å².